The van der Waals surface area contributed by atoms with Crippen LogP contribution in [0.5, 0.6) is 0 Å². The number of benzene rings is 1. The van der Waals surface area contributed by atoms with Crippen molar-refractivity contribution in [3.8, 4) is 0 Å². The molecule has 0 radical (unpaired) electrons. The van der Waals surface area contributed by atoms with E-state index in [2.05, 4.69) is 45.9 Å². The second-order valence-electron chi connectivity index (χ2n) is 6.35. The lowest BCUT2D eigenvalue weighted by Crippen LogP contribution is -2.45. The van der Waals surface area contributed by atoms with Crippen LogP contribution < -0.4 is 10.5 Å². The predicted octanol–water partition coefficient (Wildman–Crippen LogP) is 1.73. The number of nitrogens with zero attached hydrogens (tertiary/aromatic N) is 3. The number of aryl methyl sites for hydroxylation is 2. The summed E-state index contributed by atoms with van der Waals surface area (Å²) >= 11 is 0. The van der Waals surface area contributed by atoms with Gasteiger partial charge in [0.15, 0.2) is 0 Å². The Morgan fingerprint density at radius 3 is 2.48 bits per heavy atom. The van der Waals surface area contributed by atoms with E-state index in [9.17, 15) is 4.79 Å². The lowest BCUT2D eigenvalue weighted by molar-refractivity contribution is 0.311. The van der Waals surface area contributed by atoms with Crippen LogP contribution in [0.1, 0.15) is 22.4 Å². The number of likely N-dealkylation sites (N-methyl/N-ethyl adjacent to an activating group) is 1. The monoisotopic (exact) mass is 312 g/mol. The molecule has 0 amide bonds. The van der Waals surface area contributed by atoms with E-state index in [1.54, 1.807) is 0 Å². The number of aromatic amines is 1. The van der Waals surface area contributed by atoms with E-state index in [1.165, 1.54) is 11.1 Å². The van der Waals surface area contributed by atoms with Gasteiger partial charge in [0.1, 0.15) is 0 Å². The van der Waals surface area contributed by atoms with Crippen molar-refractivity contribution in [3.63, 3.8) is 0 Å². The van der Waals surface area contributed by atoms with E-state index < -0.39 is 0 Å². The number of nitrogens with one attached hydrogen (secondary N) is 1. The summed E-state index contributed by atoms with van der Waals surface area (Å²) in [7, 11) is 2.12. The smallest absolute Gasteiger partial charge is 0.256 e. The summed E-state index contributed by atoms with van der Waals surface area (Å²) in [6.07, 6.45) is 0.629. The standard InChI is InChI=1S/C18H24N4O/c1-13-6-4-5-7-15(13)12-16-14(2)19-18(20-17(16)23)22-10-8-21(3)9-11-22/h4-7H,8-12H2,1-3H3,(H,19,20,23). The van der Waals surface area contributed by atoms with Gasteiger partial charge in [-0.2, -0.15) is 0 Å². The molecule has 5 nitrogen and oxygen atoms in total. The van der Waals surface area contributed by atoms with Crippen LogP contribution in [0.2, 0.25) is 0 Å². The van der Waals surface area contributed by atoms with Gasteiger partial charge in [0, 0.05) is 38.2 Å². The molecule has 5 heteroatoms. The lowest BCUT2D eigenvalue weighted by atomic mass is 10.0. The highest BCUT2D eigenvalue weighted by Gasteiger charge is 2.18. The van der Waals surface area contributed by atoms with Crippen LogP contribution in [0.4, 0.5) is 5.95 Å². The Balaban J connectivity index is 1.86. The average molecular weight is 312 g/mol. The number of aromatic nitrogens is 2. The van der Waals surface area contributed by atoms with Gasteiger partial charge in [0.2, 0.25) is 5.95 Å². The molecule has 0 saturated carbocycles. The van der Waals surface area contributed by atoms with Gasteiger partial charge in [0.05, 0.1) is 5.69 Å². The van der Waals surface area contributed by atoms with E-state index >= 15 is 0 Å². The summed E-state index contributed by atoms with van der Waals surface area (Å²) in [5.41, 5.74) is 3.95. The Hall–Kier alpha value is -2.14. The molecule has 1 aliphatic heterocycles. The van der Waals surface area contributed by atoms with Gasteiger partial charge in [-0.05, 0) is 32.0 Å². The molecule has 2 heterocycles. The SMILES string of the molecule is Cc1ccccc1Cc1c(C)nc(N2CCN(C)CC2)[nH]c1=O. The maximum absolute atomic E-state index is 12.6. The minimum absolute atomic E-state index is 0.0188. The fraction of sp³-hybridized carbons (Fsp3) is 0.444. The normalized spacial score (nSPS) is 15.9. The highest BCUT2D eigenvalue weighted by molar-refractivity contribution is 5.37. The first-order valence-electron chi connectivity index (χ1n) is 8.12. The van der Waals surface area contributed by atoms with E-state index in [-0.39, 0.29) is 5.56 Å². The van der Waals surface area contributed by atoms with Gasteiger partial charge in [0.25, 0.3) is 5.56 Å². The fourth-order valence-corrected chi connectivity index (χ4v) is 2.97. The molecule has 1 N–H and O–H groups in total. The van der Waals surface area contributed by atoms with Crippen LogP contribution in [0.3, 0.4) is 0 Å². The molecular weight excluding hydrogens is 288 g/mol. The number of anilines is 1. The van der Waals surface area contributed by atoms with Crippen LogP contribution in [0.25, 0.3) is 0 Å². The van der Waals surface area contributed by atoms with Crippen molar-refractivity contribution in [3.05, 3.63) is 57.0 Å². The zero-order valence-electron chi connectivity index (χ0n) is 14.1. The van der Waals surface area contributed by atoms with Gasteiger partial charge in [-0.25, -0.2) is 4.98 Å². The Labute approximate surface area is 137 Å². The first kappa shape index (κ1) is 15.7. The number of piperazine rings is 1. The maximum atomic E-state index is 12.6. The predicted molar refractivity (Wildman–Crippen MR) is 93.3 cm³/mol. The molecule has 0 unspecified atom stereocenters. The molecule has 0 spiro atoms. The molecule has 1 aliphatic rings. The Morgan fingerprint density at radius 1 is 1.13 bits per heavy atom. The van der Waals surface area contributed by atoms with Crippen molar-refractivity contribution in [2.75, 3.05) is 38.1 Å². The molecule has 3 rings (SSSR count). The second kappa shape index (κ2) is 6.54. The van der Waals surface area contributed by atoms with Gasteiger partial charge >= 0.3 is 0 Å². The van der Waals surface area contributed by atoms with E-state index in [0.717, 1.165) is 37.4 Å². The summed E-state index contributed by atoms with van der Waals surface area (Å²) in [5, 5.41) is 0. The largest absolute Gasteiger partial charge is 0.340 e. The van der Waals surface area contributed by atoms with Crippen LogP contribution in [0, 0.1) is 13.8 Å². The third-order valence-corrected chi connectivity index (χ3v) is 4.64. The van der Waals surface area contributed by atoms with Crippen molar-refractivity contribution >= 4 is 5.95 Å². The molecule has 1 aromatic carbocycles. The molecule has 1 saturated heterocycles. The van der Waals surface area contributed by atoms with Crippen molar-refractivity contribution < 1.29 is 0 Å². The minimum Gasteiger partial charge on any atom is -0.340 e. The van der Waals surface area contributed by atoms with Gasteiger partial charge in [-0.1, -0.05) is 24.3 Å². The van der Waals surface area contributed by atoms with Crippen molar-refractivity contribution in [2.24, 2.45) is 0 Å². The van der Waals surface area contributed by atoms with Crippen molar-refractivity contribution in [1.82, 2.24) is 14.9 Å². The zero-order valence-corrected chi connectivity index (χ0v) is 14.1. The highest BCUT2D eigenvalue weighted by Crippen LogP contribution is 2.15. The van der Waals surface area contributed by atoms with Gasteiger partial charge in [-0.15, -0.1) is 0 Å². The molecule has 0 bridgehead atoms. The van der Waals surface area contributed by atoms with Crippen molar-refractivity contribution in [1.29, 1.82) is 0 Å². The molecule has 0 atom stereocenters. The Kier molecular flexibility index (Phi) is 4.48. The molecule has 1 fully saturated rings. The lowest BCUT2D eigenvalue weighted by Gasteiger charge is -2.32. The first-order chi connectivity index (χ1) is 11.0. The first-order valence-corrected chi connectivity index (χ1v) is 8.12. The van der Waals surface area contributed by atoms with Crippen molar-refractivity contribution in [2.45, 2.75) is 20.3 Å². The number of hydrogen-bond donors (Lipinski definition) is 1. The molecule has 2 aromatic rings. The summed E-state index contributed by atoms with van der Waals surface area (Å²) in [4.78, 5) is 24.6. The van der Waals surface area contributed by atoms with Gasteiger partial charge < -0.3 is 9.80 Å². The summed E-state index contributed by atoms with van der Waals surface area (Å²) in [6, 6.07) is 8.18. The average Bonchev–Trinajstić information content (AvgIpc) is 2.53. The molecule has 1 aromatic heterocycles. The third kappa shape index (κ3) is 3.45. The summed E-state index contributed by atoms with van der Waals surface area (Å²) in [6.45, 7) is 7.79. The number of rotatable bonds is 3. The number of hydrogen-bond acceptors (Lipinski definition) is 4. The van der Waals surface area contributed by atoms with Gasteiger partial charge in [-0.3, -0.25) is 9.78 Å². The third-order valence-electron chi connectivity index (χ3n) is 4.64. The highest BCUT2D eigenvalue weighted by atomic mass is 16.1. The second-order valence-corrected chi connectivity index (χ2v) is 6.35. The van der Waals surface area contributed by atoms with E-state index in [0.29, 0.717) is 12.4 Å². The van der Waals surface area contributed by atoms with E-state index in [1.807, 2.05) is 19.1 Å². The van der Waals surface area contributed by atoms with E-state index in [4.69, 9.17) is 0 Å². The summed E-state index contributed by atoms with van der Waals surface area (Å²) < 4.78 is 0. The fourth-order valence-electron chi connectivity index (χ4n) is 2.97. The number of H-pyrrole nitrogens is 1. The Morgan fingerprint density at radius 2 is 1.83 bits per heavy atom. The maximum Gasteiger partial charge on any atom is 0.256 e. The zero-order chi connectivity index (χ0) is 16.4. The topological polar surface area (TPSA) is 52.2 Å². The Bertz CT molecular complexity index is 745. The molecule has 122 valence electrons. The minimum atomic E-state index is -0.0188. The van der Waals surface area contributed by atoms with Crippen LogP contribution in [0.15, 0.2) is 29.1 Å². The van der Waals surface area contributed by atoms with Crippen LogP contribution >= 0.6 is 0 Å². The molecule has 0 aliphatic carbocycles. The summed E-state index contributed by atoms with van der Waals surface area (Å²) in [5.74, 6) is 0.703. The molecule has 23 heavy (non-hydrogen) atoms. The quantitative estimate of drug-likeness (QED) is 0.938. The molecular formula is C18H24N4O. The van der Waals surface area contributed by atoms with Crippen LogP contribution in [-0.2, 0) is 6.42 Å². The van der Waals surface area contributed by atoms with Crippen LogP contribution in [-0.4, -0.2) is 48.1 Å².